The van der Waals surface area contributed by atoms with E-state index >= 15 is 0 Å². The normalized spacial score (nSPS) is 15.3. The second kappa shape index (κ2) is 8.99. The molecule has 26 heavy (non-hydrogen) atoms. The van der Waals surface area contributed by atoms with Gasteiger partial charge < -0.3 is 9.84 Å². The molecule has 0 fully saturated rings. The molecular formula is C19H24BrNO4S. The molecule has 1 unspecified atom stereocenters. The summed E-state index contributed by atoms with van der Waals surface area (Å²) in [4.78, 5) is 0.163. The molecule has 0 aliphatic carbocycles. The molecule has 0 radical (unpaired) electrons. The summed E-state index contributed by atoms with van der Waals surface area (Å²) in [7, 11) is -2.18. The Morgan fingerprint density at radius 2 is 1.69 bits per heavy atom. The molecule has 0 heterocycles. The Kier molecular flexibility index (Phi) is 7.23. The van der Waals surface area contributed by atoms with Crippen LogP contribution in [0.25, 0.3) is 0 Å². The van der Waals surface area contributed by atoms with Crippen molar-refractivity contribution in [3.63, 3.8) is 0 Å². The molecule has 0 saturated heterocycles. The van der Waals surface area contributed by atoms with E-state index in [2.05, 4.69) is 20.7 Å². The lowest BCUT2D eigenvalue weighted by Crippen LogP contribution is -2.43. The molecule has 5 nitrogen and oxygen atoms in total. The van der Waals surface area contributed by atoms with Crippen molar-refractivity contribution < 1.29 is 18.3 Å². The molecule has 7 heteroatoms. The molecule has 3 atom stereocenters. The van der Waals surface area contributed by atoms with Crippen LogP contribution >= 0.6 is 15.9 Å². The average Bonchev–Trinajstić information content (AvgIpc) is 2.65. The van der Waals surface area contributed by atoms with Crippen molar-refractivity contribution in [2.24, 2.45) is 5.92 Å². The number of sulfonamides is 1. The number of nitrogens with one attached hydrogen (secondary N) is 1. The highest BCUT2D eigenvalue weighted by Crippen LogP contribution is 2.27. The third-order valence-corrected chi connectivity index (χ3v) is 6.47. The molecule has 0 aliphatic rings. The minimum Gasteiger partial charge on any atom is -0.497 e. The van der Waals surface area contributed by atoms with Crippen LogP contribution in [0.1, 0.15) is 31.9 Å². The first-order valence-electron chi connectivity index (χ1n) is 8.38. The zero-order valence-corrected chi connectivity index (χ0v) is 17.4. The van der Waals surface area contributed by atoms with E-state index in [1.807, 2.05) is 13.8 Å². The first kappa shape index (κ1) is 20.9. The van der Waals surface area contributed by atoms with Crippen LogP contribution in [-0.4, -0.2) is 26.7 Å². The smallest absolute Gasteiger partial charge is 0.240 e. The summed E-state index contributed by atoms with van der Waals surface area (Å²) in [5.74, 6) is 0.619. The number of hydrogen-bond acceptors (Lipinski definition) is 4. The number of rotatable bonds is 8. The lowest BCUT2D eigenvalue weighted by molar-refractivity contribution is 0.112. The Morgan fingerprint density at radius 3 is 2.19 bits per heavy atom. The van der Waals surface area contributed by atoms with Gasteiger partial charge in [0.15, 0.2) is 0 Å². The van der Waals surface area contributed by atoms with E-state index in [9.17, 15) is 13.5 Å². The van der Waals surface area contributed by atoms with Gasteiger partial charge in [-0.15, -0.1) is 0 Å². The number of benzene rings is 2. The van der Waals surface area contributed by atoms with Crippen LogP contribution in [0, 0.1) is 5.92 Å². The number of methoxy groups -OCH3 is 1. The average molecular weight is 442 g/mol. The Balaban J connectivity index is 2.29. The van der Waals surface area contributed by atoms with Crippen LogP contribution in [0.3, 0.4) is 0 Å². The molecule has 0 bridgehead atoms. The number of ether oxygens (including phenoxy) is 1. The van der Waals surface area contributed by atoms with E-state index in [-0.39, 0.29) is 10.8 Å². The van der Waals surface area contributed by atoms with E-state index in [0.29, 0.717) is 11.3 Å². The van der Waals surface area contributed by atoms with Gasteiger partial charge in [0.25, 0.3) is 0 Å². The quantitative estimate of drug-likeness (QED) is 0.651. The van der Waals surface area contributed by atoms with Crippen LogP contribution < -0.4 is 9.46 Å². The predicted molar refractivity (Wildman–Crippen MR) is 106 cm³/mol. The maximum atomic E-state index is 12.8. The third kappa shape index (κ3) is 5.07. The number of hydrogen-bond donors (Lipinski definition) is 2. The van der Waals surface area contributed by atoms with Crippen LogP contribution in [0.15, 0.2) is 57.9 Å². The second-order valence-electron chi connectivity index (χ2n) is 6.20. The Morgan fingerprint density at radius 1 is 1.12 bits per heavy atom. The van der Waals surface area contributed by atoms with Gasteiger partial charge in [0, 0.05) is 4.47 Å². The third-order valence-electron chi connectivity index (χ3n) is 4.47. The molecule has 0 aliphatic heterocycles. The van der Waals surface area contributed by atoms with Crippen molar-refractivity contribution in [2.45, 2.75) is 37.3 Å². The fourth-order valence-corrected chi connectivity index (χ4v) is 4.23. The van der Waals surface area contributed by atoms with Gasteiger partial charge in [0.2, 0.25) is 10.0 Å². The van der Waals surface area contributed by atoms with Crippen LogP contribution in [0.2, 0.25) is 0 Å². The minimum absolute atomic E-state index is 0.0580. The molecule has 2 aromatic carbocycles. The highest BCUT2D eigenvalue weighted by Gasteiger charge is 2.30. The monoisotopic (exact) mass is 441 g/mol. The standard InChI is InChI=1S/C19H24BrNO4S/c1-4-13(2)18(19(22)14-5-9-16(25-3)10-6-14)21-26(23,24)17-11-7-15(20)8-12-17/h5-13,18-19,21-22H,4H2,1-3H3/t13-,18-,19?/m0/s1. The van der Waals surface area contributed by atoms with E-state index in [4.69, 9.17) is 4.74 Å². The molecule has 2 aromatic rings. The lowest BCUT2D eigenvalue weighted by atomic mass is 9.91. The zero-order chi connectivity index (χ0) is 19.3. The van der Waals surface area contributed by atoms with E-state index in [1.165, 1.54) is 12.1 Å². The molecule has 142 valence electrons. The Hall–Kier alpha value is -1.41. The van der Waals surface area contributed by atoms with Crippen LogP contribution in [-0.2, 0) is 10.0 Å². The summed E-state index contributed by atoms with van der Waals surface area (Å²) < 4.78 is 34.1. The van der Waals surface area contributed by atoms with Gasteiger partial charge in [-0.25, -0.2) is 13.1 Å². The molecule has 0 saturated carbocycles. The maximum Gasteiger partial charge on any atom is 0.240 e. The second-order valence-corrected chi connectivity index (χ2v) is 8.83. The Bertz CT molecular complexity index is 806. The molecule has 2 N–H and O–H groups in total. The van der Waals surface area contributed by atoms with Crippen LogP contribution in [0.5, 0.6) is 5.75 Å². The summed E-state index contributed by atoms with van der Waals surface area (Å²) in [5.41, 5.74) is 0.634. The zero-order valence-electron chi connectivity index (χ0n) is 15.0. The SMILES string of the molecule is CC[C@H](C)[C@H](NS(=O)(=O)c1ccc(Br)cc1)C(O)c1ccc(OC)cc1. The van der Waals surface area contributed by atoms with Gasteiger partial charge in [0.05, 0.1) is 24.2 Å². The van der Waals surface area contributed by atoms with Crippen molar-refractivity contribution >= 4 is 26.0 Å². The van der Waals surface area contributed by atoms with E-state index in [0.717, 1.165) is 10.9 Å². The fraction of sp³-hybridized carbons (Fsp3) is 0.368. The molecule has 0 aromatic heterocycles. The first-order chi connectivity index (χ1) is 12.3. The fourth-order valence-electron chi connectivity index (χ4n) is 2.62. The summed E-state index contributed by atoms with van der Waals surface area (Å²) in [6, 6.07) is 12.7. The van der Waals surface area contributed by atoms with Gasteiger partial charge in [-0.3, -0.25) is 0 Å². The molecule has 0 amide bonds. The molecule has 2 rings (SSSR count). The maximum absolute atomic E-state index is 12.8. The van der Waals surface area contributed by atoms with Gasteiger partial charge in [-0.2, -0.15) is 0 Å². The lowest BCUT2D eigenvalue weighted by Gasteiger charge is -2.29. The first-order valence-corrected chi connectivity index (χ1v) is 10.7. The number of aliphatic hydroxyl groups excluding tert-OH is 1. The van der Waals surface area contributed by atoms with E-state index < -0.39 is 22.2 Å². The molecular weight excluding hydrogens is 418 g/mol. The van der Waals surface area contributed by atoms with Crippen LogP contribution in [0.4, 0.5) is 0 Å². The summed E-state index contributed by atoms with van der Waals surface area (Å²) in [6.45, 7) is 3.88. The van der Waals surface area contributed by atoms with Crippen molar-refractivity contribution in [1.29, 1.82) is 0 Å². The number of aliphatic hydroxyl groups is 1. The summed E-state index contributed by atoms with van der Waals surface area (Å²) in [6.07, 6.45) is -0.248. The van der Waals surface area contributed by atoms with Crippen molar-refractivity contribution in [2.75, 3.05) is 7.11 Å². The van der Waals surface area contributed by atoms with E-state index in [1.54, 1.807) is 43.5 Å². The summed E-state index contributed by atoms with van der Waals surface area (Å²) in [5, 5.41) is 10.8. The van der Waals surface area contributed by atoms with Crippen molar-refractivity contribution in [3.05, 3.63) is 58.6 Å². The van der Waals surface area contributed by atoms with Gasteiger partial charge >= 0.3 is 0 Å². The van der Waals surface area contributed by atoms with Gasteiger partial charge in [0.1, 0.15) is 5.75 Å². The van der Waals surface area contributed by atoms with Crippen molar-refractivity contribution in [1.82, 2.24) is 4.72 Å². The predicted octanol–water partition coefficient (Wildman–Crippen LogP) is 3.88. The van der Waals surface area contributed by atoms with Gasteiger partial charge in [-0.05, 0) is 47.9 Å². The minimum atomic E-state index is -3.75. The molecule has 0 spiro atoms. The summed E-state index contributed by atoms with van der Waals surface area (Å²) >= 11 is 3.30. The van der Waals surface area contributed by atoms with Crippen molar-refractivity contribution in [3.8, 4) is 5.75 Å². The highest BCUT2D eigenvalue weighted by molar-refractivity contribution is 9.10. The largest absolute Gasteiger partial charge is 0.497 e. The number of halogens is 1. The Labute approximate surface area is 163 Å². The highest BCUT2D eigenvalue weighted by atomic mass is 79.9. The van der Waals surface area contributed by atoms with Gasteiger partial charge in [-0.1, -0.05) is 48.3 Å². The topological polar surface area (TPSA) is 75.6 Å².